The first-order valence-electron chi connectivity index (χ1n) is 9.09. The van der Waals surface area contributed by atoms with Crippen LogP contribution in [0.15, 0.2) is 23.1 Å². The lowest BCUT2D eigenvalue weighted by atomic mass is 10.2. The fraction of sp³-hybridized carbons (Fsp3) is 0.316. The average Bonchev–Trinajstić information content (AvgIpc) is 2.99. The van der Waals surface area contributed by atoms with E-state index in [0.717, 1.165) is 6.07 Å². The first kappa shape index (κ1) is 21.6. The third-order valence-electron chi connectivity index (χ3n) is 4.56. The molecule has 0 saturated heterocycles. The molecule has 11 heteroatoms. The van der Waals surface area contributed by atoms with Crippen LogP contribution in [-0.4, -0.2) is 41.6 Å². The summed E-state index contributed by atoms with van der Waals surface area (Å²) in [5.74, 6) is -1.57. The summed E-state index contributed by atoms with van der Waals surface area (Å²) in [7, 11) is -4.02. The van der Waals surface area contributed by atoms with Gasteiger partial charge in [-0.05, 0) is 32.4 Å². The number of nitrogens with one attached hydrogen (secondary N) is 2. The predicted octanol–water partition coefficient (Wildman–Crippen LogP) is 1.53. The molecule has 0 bridgehead atoms. The van der Waals surface area contributed by atoms with Gasteiger partial charge >= 0.3 is 0 Å². The summed E-state index contributed by atoms with van der Waals surface area (Å²) in [5.41, 5.74) is 0.512. The molecule has 30 heavy (non-hydrogen) atoms. The van der Waals surface area contributed by atoms with Crippen molar-refractivity contribution in [2.75, 3.05) is 11.9 Å². The van der Waals surface area contributed by atoms with E-state index < -0.39 is 27.9 Å². The Balaban J connectivity index is 2.07. The van der Waals surface area contributed by atoms with Crippen LogP contribution in [0.2, 0.25) is 0 Å². The van der Waals surface area contributed by atoms with Crippen LogP contribution >= 0.6 is 0 Å². The van der Waals surface area contributed by atoms with Gasteiger partial charge in [-0.2, -0.15) is 9.65 Å². The molecule has 0 radical (unpaired) electrons. The van der Waals surface area contributed by atoms with Gasteiger partial charge in [0, 0.05) is 29.9 Å². The lowest BCUT2D eigenvalue weighted by Crippen LogP contribution is -2.35. The van der Waals surface area contributed by atoms with E-state index in [4.69, 9.17) is 5.26 Å². The molecule has 1 amide bonds. The highest BCUT2D eigenvalue weighted by Gasteiger charge is 2.32. The molecule has 2 aromatic rings. The van der Waals surface area contributed by atoms with Gasteiger partial charge in [-0.1, -0.05) is 6.08 Å². The Morgan fingerprint density at radius 1 is 1.47 bits per heavy atom. The minimum Gasteiger partial charge on any atom is -0.395 e. The van der Waals surface area contributed by atoms with E-state index in [1.807, 2.05) is 6.08 Å². The van der Waals surface area contributed by atoms with Crippen LogP contribution in [0.3, 0.4) is 0 Å². The summed E-state index contributed by atoms with van der Waals surface area (Å²) in [6.45, 7) is 3.03. The van der Waals surface area contributed by atoms with Gasteiger partial charge in [0.05, 0.1) is 12.3 Å². The van der Waals surface area contributed by atoms with Crippen LogP contribution < -0.4 is 10.0 Å². The molecule has 0 aliphatic carbocycles. The number of aliphatic hydroxyl groups excluding tert-OH is 1. The third kappa shape index (κ3) is 4.11. The summed E-state index contributed by atoms with van der Waals surface area (Å²) in [5, 5.41) is 20.6. The maximum Gasteiger partial charge on any atom is 0.272 e. The standard InChI is InChI=1S/C19H20FN5O4S/c1-11(10-26)24-30(28,29)18-12(2)17(25-6-4-3-5-15(18)25)19(27)23-13-7-14(9-21)22-16(20)8-13/h3,5,7-8,11,24,26H,4,6,10H2,1-2H3,(H,22,23,27). The van der Waals surface area contributed by atoms with Gasteiger partial charge in [0.25, 0.3) is 5.91 Å². The smallest absolute Gasteiger partial charge is 0.272 e. The topological polar surface area (TPSA) is 137 Å². The molecular formula is C19H20FN5O4S. The molecule has 3 N–H and O–H groups in total. The number of amides is 1. The Labute approximate surface area is 172 Å². The van der Waals surface area contributed by atoms with E-state index in [9.17, 15) is 22.7 Å². The maximum absolute atomic E-state index is 13.6. The van der Waals surface area contributed by atoms with Gasteiger partial charge in [-0.25, -0.2) is 18.1 Å². The number of fused-ring (bicyclic) bond motifs is 1. The Bertz CT molecular complexity index is 1180. The second kappa shape index (κ2) is 8.35. The Kier molecular flexibility index (Phi) is 6.02. The number of aromatic nitrogens is 2. The molecular weight excluding hydrogens is 413 g/mol. The zero-order valence-corrected chi connectivity index (χ0v) is 17.1. The number of pyridine rings is 1. The zero-order valence-electron chi connectivity index (χ0n) is 16.3. The van der Waals surface area contributed by atoms with Crippen molar-refractivity contribution >= 4 is 27.7 Å². The number of sulfonamides is 1. The number of anilines is 1. The molecule has 0 saturated carbocycles. The van der Waals surface area contributed by atoms with E-state index in [1.54, 1.807) is 16.7 Å². The van der Waals surface area contributed by atoms with Crippen molar-refractivity contribution in [1.29, 1.82) is 5.26 Å². The summed E-state index contributed by atoms with van der Waals surface area (Å²) in [6, 6.07) is 3.19. The van der Waals surface area contributed by atoms with Crippen molar-refractivity contribution < 1.29 is 22.7 Å². The molecule has 2 aromatic heterocycles. The number of carbonyl (C=O) groups is 1. The second-order valence-electron chi connectivity index (χ2n) is 6.87. The number of nitrogens with zero attached hydrogens (tertiary/aromatic N) is 3. The van der Waals surface area contributed by atoms with Gasteiger partial charge < -0.3 is 15.0 Å². The van der Waals surface area contributed by atoms with E-state index in [0.29, 0.717) is 18.7 Å². The minimum atomic E-state index is -4.02. The van der Waals surface area contributed by atoms with Gasteiger partial charge in [0.15, 0.2) is 0 Å². The first-order chi connectivity index (χ1) is 14.2. The average molecular weight is 433 g/mol. The number of rotatable bonds is 6. The van der Waals surface area contributed by atoms with Crippen LogP contribution in [0.25, 0.3) is 6.08 Å². The van der Waals surface area contributed by atoms with Crippen LogP contribution in [0, 0.1) is 24.2 Å². The van der Waals surface area contributed by atoms with Crippen molar-refractivity contribution in [3.63, 3.8) is 0 Å². The van der Waals surface area contributed by atoms with Crippen molar-refractivity contribution in [2.24, 2.45) is 0 Å². The number of hydrogen-bond donors (Lipinski definition) is 3. The number of hydrogen-bond acceptors (Lipinski definition) is 6. The molecule has 1 atom stereocenters. The van der Waals surface area contributed by atoms with E-state index in [2.05, 4.69) is 15.0 Å². The SMILES string of the molecule is Cc1c(S(=O)(=O)NC(C)CO)c2n(c1C(=O)Nc1cc(F)nc(C#N)c1)CCC=C2. The molecule has 0 aromatic carbocycles. The fourth-order valence-corrected chi connectivity index (χ4v) is 5.03. The van der Waals surface area contributed by atoms with Gasteiger partial charge in [0.1, 0.15) is 22.4 Å². The van der Waals surface area contributed by atoms with E-state index in [-0.39, 0.29) is 34.1 Å². The summed E-state index contributed by atoms with van der Waals surface area (Å²) in [4.78, 5) is 16.3. The third-order valence-corrected chi connectivity index (χ3v) is 6.33. The number of aliphatic hydroxyl groups is 1. The van der Waals surface area contributed by atoms with E-state index >= 15 is 0 Å². The molecule has 3 heterocycles. The van der Waals surface area contributed by atoms with Gasteiger partial charge in [0.2, 0.25) is 16.0 Å². The van der Waals surface area contributed by atoms with Gasteiger partial charge in [-0.15, -0.1) is 0 Å². The molecule has 1 aliphatic heterocycles. The Morgan fingerprint density at radius 3 is 2.87 bits per heavy atom. The lowest BCUT2D eigenvalue weighted by molar-refractivity contribution is 0.101. The summed E-state index contributed by atoms with van der Waals surface area (Å²) in [6.07, 6.45) is 4.04. The summed E-state index contributed by atoms with van der Waals surface area (Å²) >= 11 is 0. The van der Waals surface area contributed by atoms with Crippen LogP contribution in [0.4, 0.5) is 10.1 Å². The highest BCUT2D eigenvalue weighted by Crippen LogP contribution is 2.31. The maximum atomic E-state index is 13.6. The molecule has 3 rings (SSSR count). The monoisotopic (exact) mass is 433 g/mol. The molecule has 158 valence electrons. The first-order valence-corrected chi connectivity index (χ1v) is 10.6. The predicted molar refractivity (Wildman–Crippen MR) is 107 cm³/mol. The normalized spacial score (nSPS) is 14.1. The Morgan fingerprint density at radius 2 is 2.20 bits per heavy atom. The second-order valence-corrected chi connectivity index (χ2v) is 8.52. The minimum absolute atomic E-state index is 0.0294. The van der Waals surface area contributed by atoms with Crippen LogP contribution in [0.5, 0.6) is 0 Å². The largest absolute Gasteiger partial charge is 0.395 e. The Hall–Kier alpha value is -3.07. The summed E-state index contributed by atoms with van der Waals surface area (Å²) < 4.78 is 43.4. The van der Waals surface area contributed by atoms with Crippen molar-refractivity contribution in [1.82, 2.24) is 14.3 Å². The number of halogens is 1. The van der Waals surface area contributed by atoms with Crippen molar-refractivity contribution in [3.05, 3.63) is 46.8 Å². The van der Waals surface area contributed by atoms with Crippen molar-refractivity contribution in [3.8, 4) is 6.07 Å². The van der Waals surface area contributed by atoms with Crippen LogP contribution in [-0.2, 0) is 16.6 Å². The highest BCUT2D eigenvalue weighted by molar-refractivity contribution is 7.89. The molecule has 0 spiro atoms. The molecule has 0 fully saturated rings. The number of carbonyl (C=O) groups excluding carboxylic acids is 1. The van der Waals surface area contributed by atoms with E-state index in [1.165, 1.54) is 19.9 Å². The fourth-order valence-electron chi connectivity index (χ4n) is 3.35. The zero-order chi connectivity index (χ0) is 22.1. The quantitative estimate of drug-likeness (QED) is 0.591. The molecule has 1 aliphatic rings. The number of allylic oxidation sites excluding steroid dienone is 1. The molecule has 9 nitrogen and oxygen atoms in total. The van der Waals surface area contributed by atoms with Crippen LogP contribution in [0.1, 0.15) is 40.8 Å². The van der Waals surface area contributed by atoms with Gasteiger partial charge in [-0.3, -0.25) is 4.79 Å². The molecule has 1 unspecified atom stereocenters. The highest BCUT2D eigenvalue weighted by atomic mass is 32.2. The lowest BCUT2D eigenvalue weighted by Gasteiger charge is -2.15. The number of nitriles is 1. The van der Waals surface area contributed by atoms with Crippen molar-refractivity contribution in [2.45, 2.75) is 37.8 Å².